The zero-order chi connectivity index (χ0) is 15.0. The second kappa shape index (κ2) is 5.66. The lowest BCUT2D eigenvalue weighted by atomic mass is 10.3. The van der Waals surface area contributed by atoms with E-state index in [1.54, 1.807) is 18.4 Å². The topological polar surface area (TPSA) is 39.9 Å². The first-order valence-corrected chi connectivity index (χ1v) is 7.94. The zero-order valence-corrected chi connectivity index (χ0v) is 13.7. The van der Waals surface area contributed by atoms with Crippen LogP contribution in [0.1, 0.15) is 28.0 Å². The van der Waals surface area contributed by atoms with E-state index in [0.717, 1.165) is 27.6 Å². The van der Waals surface area contributed by atoms with Crippen molar-refractivity contribution in [1.82, 2.24) is 14.5 Å². The number of aromatic nitrogens is 3. The maximum atomic E-state index is 6.31. The molecule has 0 fully saturated rings. The van der Waals surface area contributed by atoms with Gasteiger partial charge in [-0.2, -0.15) is 0 Å². The lowest BCUT2D eigenvalue weighted by molar-refractivity contribution is 0.419. The van der Waals surface area contributed by atoms with Gasteiger partial charge in [-0.3, -0.25) is 0 Å². The molecule has 2 aromatic heterocycles. The monoisotopic (exact) mass is 321 g/mol. The normalized spacial score (nSPS) is 12.8. The molecule has 0 aliphatic rings. The maximum Gasteiger partial charge on any atom is 0.146 e. The molecule has 0 saturated carbocycles. The van der Waals surface area contributed by atoms with E-state index in [4.69, 9.17) is 16.3 Å². The third-order valence-corrected chi connectivity index (χ3v) is 4.40. The van der Waals surface area contributed by atoms with Crippen molar-refractivity contribution in [3.8, 4) is 5.75 Å². The lowest BCUT2D eigenvalue weighted by Crippen LogP contribution is -2.05. The fourth-order valence-electron chi connectivity index (χ4n) is 2.38. The molecule has 21 heavy (non-hydrogen) atoms. The summed E-state index contributed by atoms with van der Waals surface area (Å²) in [4.78, 5) is 10.3. The molecule has 110 valence electrons. The first-order valence-electron chi connectivity index (χ1n) is 6.68. The molecule has 0 spiro atoms. The van der Waals surface area contributed by atoms with E-state index in [-0.39, 0.29) is 5.38 Å². The van der Waals surface area contributed by atoms with E-state index in [2.05, 4.69) is 21.5 Å². The van der Waals surface area contributed by atoms with Gasteiger partial charge >= 0.3 is 0 Å². The number of hydrogen-bond donors (Lipinski definition) is 0. The van der Waals surface area contributed by atoms with Crippen molar-refractivity contribution in [2.24, 2.45) is 0 Å². The molecule has 0 N–H and O–H groups in total. The highest BCUT2D eigenvalue weighted by molar-refractivity contribution is 7.11. The zero-order valence-electron chi connectivity index (χ0n) is 12.1. The summed E-state index contributed by atoms with van der Waals surface area (Å²) >= 11 is 8.00. The molecule has 0 radical (unpaired) electrons. The van der Waals surface area contributed by atoms with Crippen LogP contribution < -0.4 is 4.74 Å². The molecule has 3 aromatic rings. The van der Waals surface area contributed by atoms with Gasteiger partial charge in [0.1, 0.15) is 22.1 Å². The van der Waals surface area contributed by atoms with Crippen molar-refractivity contribution >= 4 is 34.0 Å². The second-order valence-electron chi connectivity index (χ2n) is 4.86. The molecule has 0 amide bonds. The van der Waals surface area contributed by atoms with Crippen molar-refractivity contribution in [3.05, 3.63) is 40.1 Å². The van der Waals surface area contributed by atoms with E-state index in [0.29, 0.717) is 6.54 Å². The standard InChI is InChI=1S/C15H16ClN3OS/c1-9-7-17-13(21-9)8-19-11-5-4-6-12(20-3)14(11)18-15(19)10(2)16/h4-7,10H,8H2,1-3H3. The first-order chi connectivity index (χ1) is 10.1. The minimum Gasteiger partial charge on any atom is -0.494 e. The van der Waals surface area contributed by atoms with Gasteiger partial charge in [0.25, 0.3) is 0 Å². The van der Waals surface area contributed by atoms with Gasteiger partial charge in [0.05, 0.1) is 24.5 Å². The van der Waals surface area contributed by atoms with Gasteiger partial charge in [0, 0.05) is 11.1 Å². The highest BCUT2D eigenvalue weighted by atomic mass is 35.5. The lowest BCUT2D eigenvalue weighted by Gasteiger charge is -2.08. The van der Waals surface area contributed by atoms with E-state index in [9.17, 15) is 0 Å². The minimum atomic E-state index is -0.178. The quantitative estimate of drug-likeness (QED) is 0.677. The number of nitrogens with zero attached hydrogens (tertiary/aromatic N) is 3. The number of halogens is 1. The summed E-state index contributed by atoms with van der Waals surface area (Å²) in [5.41, 5.74) is 1.86. The molecule has 1 atom stereocenters. The summed E-state index contributed by atoms with van der Waals surface area (Å²) in [6, 6.07) is 5.92. The SMILES string of the molecule is COc1cccc2c1nc(C(C)Cl)n2Cc1ncc(C)s1. The molecule has 0 bridgehead atoms. The van der Waals surface area contributed by atoms with Gasteiger partial charge in [-0.15, -0.1) is 22.9 Å². The molecule has 1 aromatic carbocycles. The highest BCUT2D eigenvalue weighted by Gasteiger charge is 2.18. The molecule has 0 saturated heterocycles. The summed E-state index contributed by atoms with van der Waals surface area (Å²) in [7, 11) is 1.65. The van der Waals surface area contributed by atoms with Crippen LogP contribution in [0, 0.1) is 6.92 Å². The molecular formula is C15H16ClN3OS. The number of rotatable bonds is 4. The number of benzene rings is 1. The third kappa shape index (κ3) is 2.63. The Morgan fingerprint density at radius 1 is 1.43 bits per heavy atom. The smallest absolute Gasteiger partial charge is 0.146 e. The van der Waals surface area contributed by atoms with Gasteiger partial charge in [-0.1, -0.05) is 6.07 Å². The molecule has 6 heteroatoms. The number of methoxy groups -OCH3 is 1. The number of hydrogen-bond acceptors (Lipinski definition) is 4. The Kier molecular flexibility index (Phi) is 3.87. The second-order valence-corrected chi connectivity index (χ2v) is 6.84. The van der Waals surface area contributed by atoms with Crippen LogP contribution in [0.15, 0.2) is 24.4 Å². The van der Waals surface area contributed by atoms with Gasteiger partial charge in [0.2, 0.25) is 0 Å². The summed E-state index contributed by atoms with van der Waals surface area (Å²) in [6.45, 7) is 4.66. The number of imidazole rings is 1. The third-order valence-electron chi connectivity index (χ3n) is 3.31. The van der Waals surface area contributed by atoms with Crippen LogP contribution in [0.25, 0.3) is 11.0 Å². The fourth-order valence-corrected chi connectivity index (χ4v) is 3.33. The van der Waals surface area contributed by atoms with Crippen molar-refractivity contribution in [2.75, 3.05) is 7.11 Å². The molecule has 2 heterocycles. The highest BCUT2D eigenvalue weighted by Crippen LogP contribution is 2.31. The van der Waals surface area contributed by atoms with Crippen LogP contribution in [0.5, 0.6) is 5.75 Å². The van der Waals surface area contributed by atoms with Crippen molar-refractivity contribution in [3.63, 3.8) is 0 Å². The summed E-state index contributed by atoms with van der Waals surface area (Å²) < 4.78 is 7.52. The number of ether oxygens (including phenoxy) is 1. The number of alkyl halides is 1. The average Bonchev–Trinajstić information content (AvgIpc) is 3.03. The number of fused-ring (bicyclic) bond motifs is 1. The Balaban J connectivity index is 2.16. The number of para-hydroxylation sites is 1. The Labute approximate surface area is 132 Å². The van der Waals surface area contributed by atoms with Crippen molar-refractivity contribution in [2.45, 2.75) is 25.8 Å². The van der Waals surface area contributed by atoms with Gasteiger partial charge in [0.15, 0.2) is 0 Å². The largest absolute Gasteiger partial charge is 0.494 e. The Morgan fingerprint density at radius 3 is 2.86 bits per heavy atom. The molecule has 3 rings (SSSR count). The number of aryl methyl sites for hydroxylation is 1. The Morgan fingerprint density at radius 2 is 2.24 bits per heavy atom. The molecule has 4 nitrogen and oxygen atoms in total. The maximum absolute atomic E-state index is 6.31. The van der Waals surface area contributed by atoms with Crippen molar-refractivity contribution < 1.29 is 4.74 Å². The summed E-state index contributed by atoms with van der Waals surface area (Å²) in [5.74, 6) is 1.60. The van der Waals surface area contributed by atoms with Crippen LogP contribution in [-0.4, -0.2) is 21.6 Å². The predicted octanol–water partition coefficient (Wildman–Crippen LogP) is 4.16. The minimum absolute atomic E-state index is 0.178. The van der Waals surface area contributed by atoms with E-state index in [1.807, 2.05) is 31.3 Å². The fraction of sp³-hybridized carbons (Fsp3) is 0.333. The van der Waals surface area contributed by atoms with Crippen LogP contribution in [0.3, 0.4) is 0 Å². The van der Waals surface area contributed by atoms with Crippen LogP contribution in [0.2, 0.25) is 0 Å². The Hall–Kier alpha value is -1.59. The van der Waals surface area contributed by atoms with Gasteiger partial charge < -0.3 is 9.30 Å². The van der Waals surface area contributed by atoms with E-state index >= 15 is 0 Å². The Bertz CT molecular complexity index is 778. The number of thiazole rings is 1. The van der Waals surface area contributed by atoms with E-state index in [1.165, 1.54) is 4.88 Å². The summed E-state index contributed by atoms with van der Waals surface area (Å²) in [6.07, 6.45) is 1.89. The molecule has 0 aliphatic carbocycles. The molecule has 0 aliphatic heterocycles. The van der Waals surface area contributed by atoms with Crippen molar-refractivity contribution in [1.29, 1.82) is 0 Å². The van der Waals surface area contributed by atoms with Gasteiger partial charge in [-0.25, -0.2) is 9.97 Å². The molecule has 1 unspecified atom stereocenters. The van der Waals surface area contributed by atoms with Gasteiger partial charge in [-0.05, 0) is 26.0 Å². The van der Waals surface area contributed by atoms with Crippen LogP contribution in [0.4, 0.5) is 0 Å². The molecular weight excluding hydrogens is 306 g/mol. The summed E-state index contributed by atoms with van der Waals surface area (Å²) in [5, 5.41) is 0.872. The van der Waals surface area contributed by atoms with E-state index < -0.39 is 0 Å². The average molecular weight is 322 g/mol. The van der Waals surface area contributed by atoms with Crippen LogP contribution >= 0.6 is 22.9 Å². The first kappa shape index (κ1) is 14.4. The van der Waals surface area contributed by atoms with Crippen LogP contribution in [-0.2, 0) is 6.54 Å². The predicted molar refractivity (Wildman–Crippen MR) is 86.5 cm³/mol.